The zero-order valence-electron chi connectivity index (χ0n) is 19.7. The summed E-state index contributed by atoms with van der Waals surface area (Å²) in [6.07, 6.45) is 4.67. The van der Waals surface area contributed by atoms with Crippen molar-refractivity contribution in [3.63, 3.8) is 0 Å². The van der Waals surface area contributed by atoms with E-state index in [1.54, 1.807) is 5.48 Å². The third-order valence-corrected chi connectivity index (χ3v) is 5.40. The quantitative estimate of drug-likeness (QED) is 0.172. The number of carbonyl (C=O) groups is 3. The van der Waals surface area contributed by atoms with Crippen LogP contribution >= 0.6 is 0 Å². The third-order valence-electron chi connectivity index (χ3n) is 5.40. The Kier molecular flexibility index (Phi) is 13.0. The molecule has 2 aromatic carbocycles. The lowest BCUT2D eigenvalue weighted by Crippen LogP contribution is -2.43. The second kappa shape index (κ2) is 16.4. The van der Waals surface area contributed by atoms with Crippen molar-refractivity contribution in [3.8, 4) is 0 Å². The number of hydrogen-bond donors (Lipinski definition) is 4. The zero-order chi connectivity index (χ0) is 24.4. The van der Waals surface area contributed by atoms with Gasteiger partial charge in [-0.05, 0) is 30.5 Å². The fourth-order valence-corrected chi connectivity index (χ4v) is 3.53. The van der Waals surface area contributed by atoms with E-state index in [9.17, 15) is 14.4 Å². The van der Waals surface area contributed by atoms with Gasteiger partial charge in [0.2, 0.25) is 17.7 Å². The number of carbonyl (C=O) groups excluding carboxylic acids is 3. The molecule has 0 saturated carbocycles. The minimum Gasteiger partial charge on any atom is -0.351 e. The van der Waals surface area contributed by atoms with Crippen LogP contribution < -0.4 is 16.1 Å². The Morgan fingerprint density at radius 2 is 1.12 bits per heavy atom. The SMILES string of the molecule is O=C(CCCCCCCN(CC(=O)NCc1ccccc1)CC(=O)NCc1ccccc1)NO. The largest absolute Gasteiger partial charge is 0.351 e. The number of hydrogen-bond acceptors (Lipinski definition) is 5. The summed E-state index contributed by atoms with van der Waals surface area (Å²) in [5, 5.41) is 14.4. The molecule has 0 saturated heterocycles. The van der Waals surface area contributed by atoms with Gasteiger partial charge in [-0.3, -0.25) is 24.5 Å². The molecule has 184 valence electrons. The van der Waals surface area contributed by atoms with Crippen LogP contribution in [0.15, 0.2) is 60.7 Å². The Labute approximate surface area is 201 Å². The number of benzene rings is 2. The van der Waals surface area contributed by atoms with E-state index >= 15 is 0 Å². The standard InChI is InChI=1S/C26H36N4O4/c31-24(29-34)16-10-2-1-3-11-17-30(20-25(32)27-18-22-12-6-4-7-13-22)21-26(33)28-19-23-14-8-5-9-15-23/h4-9,12-15,34H,1-3,10-11,16-21H2,(H,27,32)(H,28,33)(H,29,31). The highest BCUT2D eigenvalue weighted by Crippen LogP contribution is 2.07. The maximum absolute atomic E-state index is 12.5. The summed E-state index contributed by atoms with van der Waals surface area (Å²) in [5.41, 5.74) is 3.69. The highest BCUT2D eigenvalue weighted by molar-refractivity contribution is 5.81. The number of hydroxylamine groups is 1. The maximum Gasteiger partial charge on any atom is 0.243 e. The molecule has 34 heavy (non-hydrogen) atoms. The topological polar surface area (TPSA) is 111 Å². The lowest BCUT2D eigenvalue weighted by atomic mass is 10.1. The monoisotopic (exact) mass is 468 g/mol. The number of amides is 3. The Hall–Kier alpha value is -3.23. The molecule has 0 radical (unpaired) electrons. The number of unbranched alkanes of at least 4 members (excludes halogenated alkanes) is 4. The molecular weight excluding hydrogens is 432 g/mol. The normalized spacial score (nSPS) is 10.6. The van der Waals surface area contributed by atoms with E-state index in [1.807, 2.05) is 65.6 Å². The van der Waals surface area contributed by atoms with Gasteiger partial charge in [-0.2, -0.15) is 0 Å². The highest BCUT2D eigenvalue weighted by atomic mass is 16.5. The van der Waals surface area contributed by atoms with Gasteiger partial charge in [0.1, 0.15) is 0 Å². The Morgan fingerprint density at radius 3 is 1.62 bits per heavy atom. The van der Waals surface area contributed by atoms with E-state index < -0.39 is 0 Å². The molecular formula is C26H36N4O4. The van der Waals surface area contributed by atoms with Crippen molar-refractivity contribution in [3.05, 3.63) is 71.8 Å². The average molecular weight is 469 g/mol. The predicted molar refractivity (Wildman–Crippen MR) is 131 cm³/mol. The van der Waals surface area contributed by atoms with Gasteiger partial charge in [0.05, 0.1) is 13.1 Å². The van der Waals surface area contributed by atoms with Gasteiger partial charge in [0.25, 0.3) is 0 Å². The Balaban J connectivity index is 1.76. The van der Waals surface area contributed by atoms with Crippen LogP contribution in [0.4, 0.5) is 0 Å². The van der Waals surface area contributed by atoms with Crippen LogP contribution in [0.3, 0.4) is 0 Å². The van der Waals surface area contributed by atoms with Crippen molar-refractivity contribution in [2.75, 3.05) is 19.6 Å². The summed E-state index contributed by atoms with van der Waals surface area (Å²) in [5.74, 6) is -0.598. The van der Waals surface area contributed by atoms with E-state index in [2.05, 4.69) is 10.6 Å². The van der Waals surface area contributed by atoms with E-state index in [1.165, 1.54) is 0 Å². The first-order chi connectivity index (χ1) is 16.6. The van der Waals surface area contributed by atoms with E-state index in [0.29, 0.717) is 26.1 Å². The van der Waals surface area contributed by atoms with Gasteiger partial charge < -0.3 is 10.6 Å². The van der Waals surface area contributed by atoms with E-state index in [4.69, 9.17) is 5.21 Å². The minimum atomic E-state index is -0.366. The lowest BCUT2D eigenvalue weighted by molar-refractivity contribution is -0.129. The van der Waals surface area contributed by atoms with Gasteiger partial charge in [-0.15, -0.1) is 0 Å². The molecule has 2 aromatic rings. The average Bonchev–Trinajstić information content (AvgIpc) is 2.86. The van der Waals surface area contributed by atoms with Crippen LogP contribution in [0.1, 0.15) is 49.7 Å². The van der Waals surface area contributed by atoms with Crippen molar-refractivity contribution in [1.82, 2.24) is 21.0 Å². The van der Waals surface area contributed by atoms with Crippen molar-refractivity contribution in [1.29, 1.82) is 0 Å². The molecule has 0 bridgehead atoms. The first-order valence-corrected chi connectivity index (χ1v) is 11.8. The molecule has 3 amide bonds. The van der Waals surface area contributed by atoms with Crippen LogP contribution in [0, 0.1) is 0 Å². The second-order valence-corrected chi connectivity index (χ2v) is 8.29. The van der Waals surface area contributed by atoms with Crippen LogP contribution in [0.2, 0.25) is 0 Å². The summed E-state index contributed by atoms with van der Waals surface area (Å²) >= 11 is 0. The number of nitrogens with zero attached hydrogens (tertiary/aromatic N) is 1. The molecule has 4 N–H and O–H groups in total. The summed E-state index contributed by atoms with van der Waals surface area (Å²) in [7, 11) is 0. The first-order valence-electron chi connectivity index (χ1n) is 11.8. The molecule has 8 heteroatoms. The molecule has 8 nitrogen and oxygen atoms in total. The fourth-order valence-electron chi connectivity index (χ4n) is 3.53. The molecule has 0 spiro atoms. The molecule has 0 heterocycles. The van der Waals surface area contributed by atoms with Gasteiger partial charge in [0, 0.05) is 19.5 Å². The molecule has 0 fully saturated rings. The second-order valence-electron chi connectivity index (χ2n) is 8.29. The molecule has 0 aromatic heterocycles. The van der Waals surface area contributed by atoms with Crippen molar-refractivity contribution in [2.24, 2.45) is 0 Å². The summed E-state index contributed by atoms with van der Waals surface area (Å²) in [6.45, 7) is 1.85. The van der Waals surface area contributed by atoms with E-state index in [0.717, 1.165) is 43.2 Å². The number of nitrogens with one attached hydrogen (secondary N) is 3. The predicted octanol–water partition coefficient (Wildman–Crippen LogP) is 2.77. The van der Waals surface area contributed by atoms with Crippen molar-refractivity contribution >= 4 is 17.7 Å². The molecule has 2 rings (SSSR count). The van der Waals surface area contributed by atoms with Gasteiger partial charge in [-0.1, -0.05) is 79.9 Å². The van der Waals surface area contributed by atoms with Gasteiger partial charge in [0.15, 0.2) is 0 Å². The van der Waals surface area contributed by atoms with Crippen LogP contribution in [0.5, 0.6) is 0 Å². The zero-order valence-corrected chi connectivity index (χ0v) is 19.7. The third kappa shape index (κ3) is 12.1. The van der Waals surface area contributed by atoms with Crippen LogP contribution in [0.25, 0.3) is 0 Å². The summed E-state index contributed by atoms with van der Waals surface area (Å²) < 4.78 is 0. The molecule has 0 aliphatic carbocycles. The molecule has 0 unspecified atom stereocenters. The molecule has 0 atom stereocenters. The van der Waals surface area contributed by atoms with Crippen LogP contribution in [-0.4, -0.2) is 47.5 Å². The highest BCUT2D eigenvalue weighted by Gasteiger charge is 2.14. The summed E-state index contributed by atoms with van der Waals surface area (Å²) in [6, 6.07) is 19.4. The molecule has 0 aliphatic rings. The first kappa shape index (κ1) is 27.0. The maximum atomic E-state index is 12.5. The minimum absolute atomic E-state index is 0.116. The number of rotatable bonds is 16. The van der Waals surface area contributed by atoms with E-state index in [-0.39, 0.29) is 30.8 Å². The fraction of sp³-hybridized carbons (Fsp3) is 0.423. The van der Waals surface area contributed by atoms with Crippen molar-refractivity contribution < 1.29 is 19.6 Å². The molecule has 0 aliphatic heterocycles. The summed E-state index contributed by atoms with van der Waals surface area (Å²) in [4.78, 5) is 37.9. The van der Waals surface area contributed by atoms with Crippen molar-refractivity contribution in [2.45, 2.75) is 51.6 Å². The lowest BCUT2D eigenvalue weighted by Gasteiger charge is -2.21. The Bertz CT molecular complexity index is 804. The van der Waals surface area contributed by atoms with Gasteiger partial charge >= 0.3 is 0 Å². The smallest absolute Gasteiger partial charge is 0.243 e. The van der Waals surface area contributed by atoms with Gasteiger partial charge in [-0.25, -0.2) is 5.48 Å². The van der Waals surface area contributed by atoms with Crippen LogP contribution in [-0.2, 0) is 27.5 Å². The Morgan fingerprint density at radius 1 is 0.647 bits per heavy atom.